The molecule has 3 aromatic rings. The number of hydrogen-bond acceptors (Lipinski definition) is 3. The summed E-state index contributed by atoms with van der Waals surface area (Å²) >= 11 is 0. The summed E-state index contributed by atoms with van der Waals surface area (Å²) in [5.41, 5.74) is 2.03. The Bertz CT molecular complexity index is 1030. The van der Waals surface area contributed by atoms with Gasteiger partial charge in [0.05, 0.1) is 18.1 Å². The Balaban J connectivity index is 0.00000272. The quantitative estimate of drug-likeness (QED) is 0.451. The Hall–Kier alpha value is -2.77. The van der Waals surface area contributed by atoms with Gasteiger partial charge in [-0.2, -0.15) is 0 Å². The Morgan fingerprint density at radius 2 is 1.42 bits per heavy atom. The SMILES string of the molecule is Br.O=C1[C@H](CCC(O)c2ccc(F)cc2)[C@@H](c2ccc(O)cc2)N1c1ccc(F)cc1. The van der Waals surface area contributed by atoms with Gasteiger partial charge in [-0.15, -0.1) is 17.0 Å². The zero-order chi connectivity index (χ0) is 21.3. The summed E-state index contributed by atoms with van der Waals surface area (Å²) < 4.78 is 26.4. The Morgan fingerprint density at radius 3 is 2.00 bits per heavy atom. The van der Waals surface area contributed by atoms with Crippen molar-refractivity contribution < 1.29 is 23.8 Å². The minimum atomic E-state index is -0.807. The predicted molar refractivity (Wildman–Crippen MR) is 119 cm³/mol. The van der Waals surface area contributed by atoms with Gasteiger partial charge in [-0.05, 0) is 72.5 Å². The van der Waals surface area contributed by atoms with Gasteiger partial charge in [0.1, 0.15) is 17.4 Å². The molecular weight excluding hydrogens is 468 g/mol. The summed E-state index contributed by atoms with van der Waals surface area (Å²) in [7, 11) is 0. The highest BCUT2D eigenvalue weighted by molar-refractivity contribution is 8.93. The number of rotatable bonds is 6. The zero-order valence-electron chi connectivity index (χ0n) is 16.5. The first kappa shape index (κ1) is 22.9. The van der Waals surface area contributed by atoms with E-state index in [1.807, 2.05) is 0 Å². The molecule has 1 unspecified atom stereocenters. The van der Waals surface area contributed by atoms with Crippen LogP contribution in [-0.2, 0) is 4.79 Å². The van der Waals surface area contributed by atoms with E-state index in [0.29, 0.717) is 24.1 Å². The molecule has 31 heavy (non-hydrogen) atoms. The van der Waals surface area contributed by atoms with E-state index in [9.17, 15) is 23.8 Å². The molecule has 0 aromatic heterocycles. The van der Waals surface area contributed by atoms with Crippen molar-refractivity contribution in [2.75, 3.05) is 4.90 Å². The van der Waals surface area contributed by atoms with Crippen molar-refractivity contribution in [2.45, 2.75) is 25.0 Å². The smallest absolute Gasteiger partial charge is 0.233 e. The average molecular weight is 490 g/mol. The first-order valence-electron chi connectivity index (χ1n) is 9.75. The van der Waals surface area contributed by atoms with E-state index in [1.165, 1.54) is 36.4 Å². The molecule has 7 heteroatoms. The van der Waals surface area contributed by atoms with Crippen LogP contribution in [-0.4, -0.2) is 16.1 Å². The fourth-order valence-electron chi connectivity index (χ4n) is 3.96. The van der Waals surface area contributed by atoms with Gasteiger partial charge in [-0.1, -0.05) is 24.3 Å². The predicted octanol–water partition coefficient (Wildman–Crippen LogP) is 5.47. The summed E-state index contributed by atoms with van der Waals surface area (Å²) in [5, 5.41) is 20.1. The maximum Gasteiger partial charge on any atom is 0.233 e. The van der Waals surface area contributed by atoms with E-state index in [0.717, 1.165) is 5.56 Å². The van der Waals surface area contributed by atoms with Gasteiger partial charge in [0, 0.05) is 5.69 Å². The van der Waals surface area contributed by atoms with Gasteiger partial charge in [-0.25, -0.2) is 8.78 Å². The van der Waals surface area contributed by atoms with Gasteiger partial charge in [0.15, 0.2) is 0 Å². The molecule has 3 aromatic carbocycles. The number of carbonyl (C=O) groups excluding carboxylic acids is 1. The fourth-order valence-corrected chi connectivity index (χ4v) is 3.96. The van der Waals surface area contributed by atoms with Crippen LogP contribution in [0.3, 0.4) is 0 Å². The van der Waals surface area contributed by atoms with Crippen molar-refractivity contribution >= 4 is 28.6 Å². The van der Waals surface area contributed by atoms with Crippen molar-refractivity contribution in [1.29, 1.82) is 0 Å². The maximum atomic E-state index is 13.3. The van der Waals surface area contributed by atoms with Crippen molar-refractivity contribution in [3.8, 4) is 5.75 Å². The third-order valence-corrected chi connectivity index (χ3v) is 5.56. The van der Waals surface area contributed by atoms with Crippen LogP contribution in [0.5, 0.6) is 5.75 Å². The van der Waals surface area contributed by atoms with Gasteiger partial charge in [0.2, 0.25) is 5.91 Å². The van der Waals surface area contributed by atoms with E-state index >= 15 is 0 Å². The van der Waals surface area contributed by atoms with Gasteiger partial charge in [-0.3, -0.25) is 4.79 Å². The molecule has 0 bridgehead atoms. The zero-order valence-corrected chi connectivity index (χ0v) is 18.2. The molecule has 1 aliphatic rings. The number of phenols is 1. The van der Waals surface area contributed by atoms with Crippen molar-refractivity contribution in [2.24, 2.45) is 5.92 Å². The number of aliphatic hydroxyl groups is 1. The second-order valence-corrected chi connectivity index (χ2v) is 7.47. The topological polar surface area (TPSA) is 60.8 Å². The molecule has 0 aliphatic carbocycles. The molecule has 1 aliphatic heterocycles. The molecule has 0 saturated carbocycles. The first-order valence-corrected chi connectivity index (χ1v) is 9.75. The Labute approximate surface area is 189 Å². The largest absolute Gasteiger partial charge is 0.508 e. The third kappa shape index (κ3) is 4.78. The van der Waals surface area contributed by atoms with Crippen LogP contribution in [0.25, 0.3) is 0 Å². The average Bonchev–Trinajstić information content (AvgIpc) is 2.74. The highest BCUT2D eigenvalue weighted by atomic mass is 79.9. The molecule has 162 valence electrons. The molecule has 2 N–H and O–H groups in total. The van der Waals surface area contributed by atoms with Crippen molar-refractivity contribution in [3.05, 3.63) is 95.6 Å². The number of nitrogens with zero attached hydrogens (tertiary/aromatic N) is 1. The summed E-state index contributed by atoms with van der Waals surface area (Å²) in [4.78, 5) is 14.6. The van der Waals surface area contributed by atoms with Crippen LogP contribution < -0.4 is 4.90 Å². The molecule has 4 rings (SSSR count). The lowest BCUT2D eigenvalue weighted by Gasteiger charge is -2.48. The van der Waals surface area contributed by atoms with Crippen LogP contribution in [0, 0.1) is 17.6 Å². The molecule has 1 fully saturated rings. The normalized spacial score (nSPS) is 18.8. The number of aliphatic hydroxyl groups excluding tert-OH is 1. The number of phenolic OH excluding ortho intramolecular Hbond substituents is 1. The summed E-state index contributed by atoms with van der Waals surface area (Å²) in [6.07, 6.45) is -0.0344. The lowest BCUT2D eigenvalue weighted by Crippen LogP contribution is -2.55. The molecular formula is C24H22BrF2NO3. The fraction of sp³-hybridized carbons (Fsp3) is 0.208. The second kappa shape index (κ2) is 9.58. The maximum absolute atomic E-state index is 13.3. The van der Waals surface area contributed by atoms with Crippen LogP contribution in [0.2, 0.25) is 0 Å². The van der Waals surface area contributed by atoms with E-state index in [1.54, 1.807) is 41.3 Å². The van der Waals surface area contributed by atoms with Crippen molar-refractivity contribution in [3.63, 3.8) is 0 Å². The molecule has 4 nitrogen and oxygen atoms in total. The summed E-state index contributed by atoms with van der Waals surface area (Å²) in [5.74, 6) is -1.10. The van der Waals surface area contributed by atoms with Crippen LogP contribution in [0.1, 0.15) is 36.1 Å². The Morgan fingerprint density at radius 1 is 0.871 bits per heavy atom. The molecule has 3 atom stereocenters. The van der Waals surface area contributed by atoms with E-state index in [2.05, 4.69) is 0 Å². The molecule has 1 heterocycles. The molecule has 1 amide bonds. The van der Waals surface area contributed by atoms with Crippen LogP contribution in [0.4, 0.5) is 14.5 Å². The number of aromatic hydroxyl groups is 1. The third-order valence-electron chi connectivity index (χ3n) is 5.56. The monoisotopic (exact) mass is 489 g/mol. The molecule has 0 radical (unpaired) electrons. The second-order valence-electron chi connectivity index (χ2n) is 7.47. The number of anilines is 1. The standard InChI is InChI=1S/C24H21F2NO3.BrH/c25-17-5-1-15(2-6-17)22(29)14-13-21-23(16-3-11-20(28)12-4-16)27(24(21)30)19-9-7-18(26)8-10-19;/h1-12,21-23,28-29H,13-14H2;1H/t21-,22?,23-;/m1./s1. The van der Waals surface area contributed by atoms with Gasteiger partial charge in [0.25, 0.3) is 0 Å². The van der Waals surface area contributed by atoms with Gasteiger partial charge >= 0.3 is 0 Å². The highest BCUT2D eigenvalue weighted by Gasteiger charge is 2.48. The van der Waals surface area contributed by atoms with Crippen molar-refractivity contribution in [1.82, 2.24) is 0 Å². The number of β-lactam (4-membered cyclic amide) rings is 1. The number of carbonyl (C=O) groups is 1. The minimum Gasteiger partial charge on any atom is -0.508 e. The van der Waals surface area contributed by atoms with E-state index < -0.39 is 6.10 Å². The van der Waals surface area contributed by atoms with E-state index in [4.69, 9.17) is 0 Å². The van der Waals surface area contributed by atoms with E-state index in [-0.39, 0.29) is 52.2 Å². The number of halogens is 3. The van der Waals surface area contributed by atoms with Crippen LogP contribution >= 0.6 is 17.0 Å². The minimum absolute atomic E-state index is 0. The summed E-state index contributed by atoms with van der Waals surface area (Å²) in [6.45, 7) is 0. The first-order chi connectivity index (χ1) is 14.4. The molecule has 0 spiro atoms. The number of amides is 1. The number of benzene rings is 3. The number of hydrogen-bond donors (Lipinski definition) is 2. The summed E-state index contributed by atoms with van der Waals surface area (Å²) in [6, 6.07) is 17.7. The Kier molecular flexibility index (Phi) is 7.08. The molecule has 1 saturated heterocycles. The lowest BCUT2D eigenvalue weighted by atomic mass is 9.78. The van der Waals surface area contributed by atoms with Gasteiger partial charge < -0.3 is 15.1 Å². The highest BCUT2D eigenvalue weighted by Crippen LogP contribution is 2.46. The lowest BCUT2D eigenvalue weighted by molar-refractivity contribution is -0.131. The van der Waals surface area contributed by atoms with Crippen LogP contribution in [0.15, 0.2) is 72.8 Å².